The van der Waals surface area contributed by atoms with Crippen molar-refractivity contribution < 1.29 is 98.3 Å². The molecule has 0 bridgehead atoms. The zero-order chi connectivity index (χ0) is 53.4. The Bertz CT molecular complexity index is 2570. The van der Waals surface area contributed by atoms with Gasteiger partial charge in [-0.2, -0.15) is 0 Å². The fourth-order valence-electron chi connectivity index (χ4n) is 7.48. The number of aliphatic hydroxyl groups excluding tert-OH is 2. The molecule has 4 fully saturated rings. The van der Waals surface area contributed by atoms with Crippen LogP contribution in [0.4, 0.5) is 11.4 Å². The van der Waals surface area contributed by atoms with Crippen LogP contribution in [-0.2, 0) is 54.9 Å². The van der Waals surface area contributed by atoms with Crippen LogP contribution in [-0.4, -0.2) is 91.1 Å². The third kappa shape index (κ3) is 22.9. The molecule has 0 amide bonds. The fourth-order valence-corrected chi connectivity index (χ4v) is 7.48. The van der Waals surface area contributed by atoms with Crippen LogP contribution in [0, 0.1) is 20.2 Å². The molecule has 0 radical (unpaired) electrons. The monoisotopic (exact) mass is 1070 g/mol. The van der Waals surface area contributed by atoms with Gasteiger partial charge < -0.3 is 44.5 Å². The van der Waals surface area contributed by atoms with E-state index in [1.165, 1.54) is 53.1 Å². The number of non-ortho nitro benzene ring substituents is 2. The van der Waals surface area contributed by atoms with E-state index in [0.717, 1.165) is 43.4 Å². The molecule has 0 saturated heterocycles. The Morgan fingerprint density at radius 2 is 0.753 bits per heavy atom. The number of nitro groups is 2. The Balaban J connectivity index is 0.000000213. The van der Waals surface area contributed by atoms with E-state index < -0.39 is 21.8 Å². The third-order valence-corrected chi connectivity index (χ3v) is 12.3. The number of ether oxygens (including phenoxy) is 5. The predicted octanol–water partition coefficient (Wildman–Crippen LogP) is 7.01. The van der Waals surface area contributed by atoms with Crippen LogP contribution < -0.4 is 29.6 Å². The molecule has 4 N–H and O–H groups in total. The van der Waals surface area contributed by atoms with Gasteiger partial charge in [0.15, 0.2) is 0 Å². The number of esters is 1. The summed E-state index contributed by atoms with van der Waals surface area (Å²) in [5.74, 6) is -1.24. The maximum Gasteiger partial charge on any atom is 1.00 e. The van der Waals surface area contributed by atoms with Crippen LogP contribution in [0.25, 0.3) is 0 Å². The van der Waals surface area contributed by atoms with E-state index in [2.05, 4.69) is 24.3 Å². The molecule has 0 spiro atoms. The Labute approximate surface area is 468 Å². The maximum atomic E-state index is 12.0. The zero-order valence-electron chi connectivity index (χ0n) is 42.8. The Morgan fingerprint density at radius 3 is 1.04 bits per heavy atom. The van der Waals surface area contributed by atoms with Gasteiger partial charge in [-0.15, -0.1) is 0 Å². The van der Waals surface area contributed by atoms with Crippen molar-refractivity contribution in [3.05, 3.63) is 223 Å². The number of carboxylic acids is 1. The molecule has 4 aliphatic carbocycles. The SMILES string of the molecule is O=C(O)c1ccc([N+](=O)[O-])cc1.O=C(OC1CC(OCc2ccccc2)C1)c1ccc([N+](=O)[O-])cc1.O=C1CC(OCc2ccccc2)C1.OC1CC(OCc2ccccc2)C1.OC1CC(OCc2ccccc2)C1.[Na+].[OH-]. The summed E-state index contributed by atoms with van der Waals surface area (Å²) < 4.78 is 27.8. The average molecular weight is 1070 g/mol. The molecular weight excluding hydrogens is 1000 g/mol. The number of aliphatic hydroxyl groups is 2. The summed E-state index contributed by atoms with van der Waals surface area (Å²) in [5, 5.41) is 47.2. The summed E-state index contributed by atoms with van der Waals surface area (Å²) in [6.07, 6.45) is 6.16. The molecule has 6 aromatic rings. The molecule has 0 heterocycles. The number of nitro benzene ring substituents is 2. The summed E-state index contributed by atoms with van der Waals surface area (Å²) in [5.41, 5.74) is 4.87. The van der Waals surface area contributed by atoms with Gasteiger partial charge in [-0.25, -0.2) is 9.59 Å². The molecule has 18 nitrogen and oxygen atoms in total. The van der Waals surface area contributed by atoms with Gasteiger partial charge in [0.05, 0.1) is 84.0 Å². The molecule has 6 aromatic carbocycles. The van der Waals surface area contributed by atoms with Gasteiger partial charge in [0.2, 0.25) is 0 Å². The minimum Gasteiger partial charge on any atom is -0.870 e. The van der Waals surface area contributed by atoms with Gasteiger partial charge in [-0.05, 0) is 72.2 Å². The van der Waals surface area contributed by atoms with Crippen molar-refractivity contribution in [3.8, 4) is 0 Å². The van der Waals surface area contributed by atoms with E-state index in [1.54, 1.807) is 0 Å². The van der Waals surface area contributed by atoms with Crippen molar-refractivity contribution in [1.29, 1.82) is 0 Å². The fraction of sp³-hybridized carbons (Fsp3) is 0.328. The molecule has 0 aliphatic heterocycles. The molecule has 0 atom stereocenters. The van der Waals surface area contributed by atoms with Crippen LogP contribution in [0.15, 0.2) is 170 Å². The molecule has 77 heavy (non-hydrogen) atoms. The van der Waals surface area contributed by atoms with E-state index in [-0.39, 0.29) is 94.7 Å². The number of carboxylic acid groups (broad SMARTS) is 1. The molecule has 10 rings (SSSR count). The van der Waals surface area contributed by atoms with Crippen molar-refractivity contribution in [1.82, 2.24) is 0 Å². The van der Waals surface area contributed by atoms with E-state index >= 15 is 0 Å². The normalized spacial score (nSPS) is 19.4. The topological polar surface area (TPSA) is 274 Å². The van der Waals surface area contributed by atoms with Gasteiger partial charge >= 0.3 is 41.5 Å². The summed E-state index contributed by atoms with van der Waals surface area (Å²) in [7, 11) is 0. The van der Waals surface area contributed by atoms with Crippen LogP contribution in [0.2, 0.25) is 0 Å². The number of aromatic carboxylic acids is 1. The Hall–Kier alpha value is -6.55. The van der Waals surface area contributed by atoms with E-state index in [4.69, 9.17) is 39.0 Å². The molecule has 19 heteroatoms. The standard InChI is InChI=1S/C18H17NO5.2C11H14O2.C11H12O2.C7H5NO4.Na.H2O/c20-18(14-6-8-15(9-7-14)19(21)22)24-17-10-16(11-17)23-12-13-4-2-1-3-5-13;3*12-10-6-11(7-10)13-8-9-4-2-1-3-5-9;9-7(10)5-1-3-6(4-2-5)8(11)12;;/h1-9,16-17H,10-12H2;2*1-5,10-12H,6-8H2;1-5,11H,6-8H2;1-4H,(H,9,10);;1H2/q;;;;;+1;/p-1. The molecule has 4 aliphatic rings. The van der Waals surface area contributed by atoms with Gasteiger partial charge in [0, 0.05) is 49.9 Å². The molecule has 0 unspecified atom stereocenters. The number of Topliss-reactive ketones (excluding diaryl/α,β-unsaturated/α-hetero) is 1. The first-order chi connectivity index (χ1) is 36.3. The molecular formula is C58H63N2NaO16. The van der Waals surface area contributed by atoms with Crippen molar-refractivity contribution in [2.75, 3.05) is 0 Å². The first kappa shape index (κ1) is 63.0. The third-order valence-electron chi connectivity index (χ3n) is 12.3. The number of nitrogens with zero attached hydrogens (tertiary/aromatic N) is 2. The van der Waals surface area contributed by atoms with Crippen LogP contribution in [0.3, 0.4) is 0 Å². The van der Waals surface area contributed by atoms with E-state index in [1.807, 2.05) is 97.1 Å². The van der Waals surface area contributed by atoms with Gasteiger partial charge in [-0.1, -0.05) is 121 Å². The second-order valence-corrected chi connectivity index (χ2v) is 18.3. The molecule has 402 valence electrons. The van der Waals surface area contributed by atoms with Gasteiger partial charge in [0.1, 0.15) is 11.9 Å². The number of hydrogen-bond donors (Lipinski definition) is 3. The first-order valence-corrected chi connectivity index (χ1v) is 24.7. The van der Waals surface area contributed by atoms with Crippen LogP contribution >= 0.6 is 0 Å². The minimum absolute atomic E-state index is 0. The number of benzene rings is 6. The van der Waals surface area contributed by atoms with E-state index in [9.17, 15) is 34.6 Å². The second kappa shape index (κ2) is 33.6. The summed E-state index contributed by atoms with van der Waals surface area (Å²) in [6, 6.07) is 50.3. The van der Waals surface area contributed by atoms with Crippen molar-refractivity contribution in [2.24, 2.45) is 0 Å². The summed E-state index contributed by atoms with van der Waals surface area (Å²) in [4.78, 5) is 52.6. The molecule has 0 aromatic heterocycles. The smallest absolute Gasteiger partial charge is 0.870 e. The largest absolute Gasteiger partial charge is 1.00 e. The number of rotatable bonds is 17. The number of ketones is 1. The Morgan fingerprint density at radius 1 is 0.455 bits per heavy atom. The average Bonchev–Trinajstić information content (AvgIpc) is 3.39. The summed E-state index contributed by atoms with van der Waals surface area (Å²) >= 11 is 0. The predicted molar refractivity (Wildman–Crippen MR) is 278 cm³/mol. The second-order valence-electron chi connectivity index (χ2n) is 18.3. The zero-order valence-corrected chi connectivity index (χ0v) is 44.8. The van der Waals surface area contributed by atoms with Crippen LogP contribution in [0.1, 0.15) is 94.3 Å². The van der Waals surface area contributed by atoms with Crippen molar-refractivity contribution >= 4 is 29.1 Å². The van der Waals surface area contributed by atoms with Gasteiger partial charge in [0.25, 0.3) is 11.4 Å². The van der Waals surface area contributed by atoms with Crippen molar-refractivity contribution in [3.63, 3.8) is 0 Å². The quantitative estimate of drug-likeness (QED) is 0.0359. The minimum atomic E-state index is -1.09. The maximum absolute atomic E-state index is 12.0. The number of carbonyl (C=O) groups excluding carboxylic acids is 2. The number of carbonyl (C=O) groups is 3. The first-order valence-electron chi connectivity index (χ1n) is 24.7. The summed E-state index contributed by atoms with van der Waals surface area (Å²) in [6.45, 7) is 2.50. The van der Waals surface area contributed by atoms with Gasteiger partial charge in [-0.3, -0.25) is 25.0 Å². The van der Waals surface area contributed by atoms with Crippen molar-refractivity contribution in [2.45, 2.75) is 121 Å². The Kier molecular flexibility index (Phi) is 27.5. The molecule has 4 saturated carbocycles. The van der Waals surface area contributed by atoms with E-state index in [0.29, 0.717) is 63.5 Å². The number of hydrogen-bond acceptors (Lipinski definition) is 15. The van der Waals surface area contributed by atoms with Crippen LogP contribution in [0.5, 0.6) is 0 Å².